The Balaban J connectivity index is 0.00000220. The van der Waals surface area contributed by atoms with Crippen LogP contribution in [0.4, 0.5) is 0 Å². The molecule has 0 unspecified atom stereocenters. The van der Waals surface area contributed by atoms with Crippen molar-refractivity contribution >= 4 is 30.7 Å². The van der Waals surface area contributed by atoms with E-state index in [4.69, 9.17) is 8.83 Å². The van der Waals surface area contributed by atoms with Gasteiger partial charge in [-0.05, 0) is 26.1 Å². The number of nitrogens with zero attached hydrogens (tertiary/aromatic N) is 2. The van der Waals surface area contributed by atoms with Gasteiger partial charge in [0.1, 0.15) is 5.76 Å². The van der Waals surface area contributed by atoms with Crippen LogP contribution in [0.1, 0.15) is 11.5 Å². The van der Waals surface area contributed by atoms with Crippen LogP contribution in [0.15, 0.2) is 27.2 Å². The lowest BCUT2D eigenvalue weighted by Gasteiger charge is -2.16. The summed E-state index contributed by atoms with van der Waals surface area (Å²) in [6.45, 7) is 3.23. The van der Waals surface area contributed by atoms with E-state index in [2.05, 4.69) is 10.3 Å². The molecule has 0 radical (unpaired) electrons. The van der Waals surface area contributed by atoms with Crippen molar-refractivity contribution < 1.29 is 13.6 Å². The Morgan fingerprint density at radius 1 is 1.41 bits per heavy atom. The molecule has 0 bridgehead atoms. The maximum atomic E-state index is 12.1. The Morgan fingerprint density at radius 3 is 2.73 bits per heavy atom. The van der Waals surface area contributed by atoms with Crippen molar-refractivity contribution in [3.05, 3.63) is 29.9 Å². The highest BCUT2D eigenvalue weighted by atomic mass is 35.5. The molecule has 2 heterocycles. The molecule has 1 N–H and O–H groups in total. The van der Waals surface area contributed by atoms with Crippen LogP contribution in [-0.4, -0.2) is 43.0 Å². The van der Waals surface area contributed by atoms with Gasteiger partial charge in [-0.1, -0.05) is 0 Å². The molecule has 0 fully saturated rings. The Morgan fingerprint density at radius 2 is 2.14 bits per heavy atom. The summed E-state index contributed by atoms with van der Waals surface area (Å²) in [6.07, 6.45) is 1.79. The molecule has 8 heteroatoms. The number of amides is 1. The van der Waals surface area contributed by atoms with Crippen molar-refractivity contribution in [2.24, 2.45) is 0 Å². The van der Waals surface area contributed by atoms with Gasteiger partial charge in [-0.3, -0.25) is 4.79 Å². The molecular formula is C14H21Cl2N3O3. The highest BCUT2D eigenvalue weighted by Gasteiger charge is 2.17. The predicted molar refractivity (Wildman–Crippen MR) is 88.7 cm³/mol. The van der Waals surface area contributed by atoms with Crippen LogP contribution in [0.5, 0.6) is 0 Å². The van der Waals surface area contributed by atoms with E-state index < -0.39 is 0 Å². The first-order chi connectivity index (χ1) is 9.61. The lowest BCUT2D eigenvalue weighted by molar-refractivity contribution is -0.129. The molecule has 22 heavy (non-hydrogen) atoms. The third kappa shape index (κ3) is 5.05. The Bertz CT molecular complexity index is 570. The third-order valence-corrected chi connectivity index (χ3v) is 3.07. The average molecular weight is 350 g/mol. The van der Waals surface area contributed by atoms with Gasteiger partial charge >= 0.3 is 0 Å². The van der Waals surface area contributed by atoms with Gasteiger partial charge in [0.05, 0.1) is 18.4 Å². The zero-order valence-corrected chi connectivity index (χ0v) is 14.4. The van der Waals surface area contributed by atoms with Crippen molar-refractivity contribution in [3.8, 4) is 11.7 Å². The molecular weight excluding hydrogens is 329 g/mol. The average Bonchev–Trinajstić information content (AvgIpc) is 3.06. The van der Waals surface area contributed by atoms with Gasteiger partial charge in [0.15, 0.2) is 5.76 Å². The summed E-state index contributed by atoms with van der Waals surface area (Å²) in [5.41, 5.74) is 0.651. The summed E-state index contributed by atoms with van der Waals surface area (Å²) in [7, 11) is 3.64. The van der Waals surface area contributed by atoms with Crippen LogP contribution < -0.4 is 5.32 Å². The normalized spacial score (nSPS) is 9.77. The number of likely N-dealkylation sites (N-methyl/N-ethyl adjacent to an activating group) is 2. The zero-order valence-electron chi connectivity index (χ0n) is 12.8. The van der Waals surface area contributed by atoms with Crippen LogP contribution in [0.25, 0.3) is 11.7 Å². The standard InChI is InChI=1S/C14H19N3O3.2ClH/c1-10-11(9-13(18)17(3)7-6-15-2)16-14(20-10)12-5-4-8-19-12;;/h4-5,8,15H,6-7,9H2,1-3H3;2*1H. The summed E-state index contributed by atoms with van der Waals surface area (Å²) in [4.78, 5) is 18.1. The molecule has 2 aromatic heterocycles. The Labute approximate surface area is 142 Å². The number of halogens is 2. The second-order valence-electron chi connectivity index (χ2n) is 4.59. The van der Waals surface area contributed by atoms with E-state index in [1.165, 1.54) is 0 Å². The number of aryl methyl sites for hydroxylation is 1. The molecule has 0 aliphatic heterocycles. The molecule has 124 valence electrons. The molecule has 2 aromatic rings. The molecule has 6 nitrogen and oxygen atoms in total. The topological polar surface area (TPSA) is 71.5 Å². The van der Waals surface area contributed by atoms with Crippen molar-refractivity contribution in [2.75, 3.05) is 27.2 Å². The SMILES string of the molecule is CNCCN(C)C(=O)Cc1nc(-c2ccco2)oc1C.Cl.Cl. The first-order valence-corrected chi connectivity index (χ1v) is 6.50. The van der Waals surface area contributed by atoms with Crippen LogP contribution >= 0.6 is 24.8 Å². The molecule has 0 spiro atoms. The summed E-state index contributed by atoms with van der Waals surface area (Å²) in [5, 5.41) is 3.01. The molecule has 0 aliphatic rings. The Hall–Kier alpha value is -1.50. The fraction of sp³-hybridized carbons (Fsp3) is 0.429. The van der Waals surface area contributed by atoms with Gasteiger partial charge in [0.2, 0.25) is 5.91 Å². The van der Waals surface area contributed by atoms with Crippen LogP contribution in [0, 0.1) is 6.92 Å². The van der Waals surface area contributed by atoms with Gasteiger partial charge in [-0.15, -0.1) is 24.8 Å². The van der Waals surface area contributed by atoms with Crippen LogP contribution in [-0.2, 0) is 11.2 Å². The largest absolute Gasteiger partial charge is 0.459 e. The van der Waals surface area contributed by atoms with E-state index in [9.17, 15) is 4.79 Å². The number of hydrogen-bond donors (Lipinski definition) is 1. The lowest BCUT2D eigenvalue weighted by atomic mass is 10.2. The van der Waals surface area contributed by atoms with Gasteiger partial charge in [-0.25, -0.2) is 4.98 Å². The highest BCUT2D eigenvalue weighted by Crippen LogP contribution is 2.22. The molecule has 2 rings (SSSR count). The smallest absolute Gasteiger partial charge is 0.263 e. The van der Waals surface area contributed by atoms with Gasteiger partial charge in [0.25, 0.3) is 5.89 Å². The summed E-state index contributed by atoms with van der Waals surface area (Å²) < 4.78 is 10.8. The van der Waals surface area contributed by atoms with E-state index in [0.29, 0.717) is 29.6 Å². The predicted octanol–water partition coefficient (Wildman–Crippen LogP) is 2.31. The summed E-state index contributed by atoms with van der Waals surface area (Å²) in [6, 6.07) is 3.54. The van der Waals surface area contributed by atoms with Crippen molar-refractivity contribution in [1.82, 2.24) is 15.2 Å². The third-order valence-electron chi connectivity index (χ3n) is 3.07. The number of carbonyl (C=O) groups excluding carboxylic acids is 1. The van der Waals surface area contributed by atoms with E-state index in [1.807, 2.05) is 7.05 Å². The lowest BCUT2D eigenvalue weighted by Crippen LogP contribution is -2.33. The monoisotopic (exact) mass is 349 g/mol. The number of oxazole rings is 1. The van der Waals surface area contributed by atoms with E-state index >= 15 is 0 Å². The van der Waals surface area contributed by atoms with Crippen LogP contribution in [0.3, 0.4) is 0 Å². The first-order valence-electron chi connectivity index (χ1n) is 6.50. The quantitative estimate of drug-likeness (QED) is 0.866. The summed E-state index contributed by atoms with van der Waals surface area (Å²) in [5.74, 6) is 1.64. The minimum absolute atomic E-state index is 0. The fourth-order valence-electron chi connectivity index (χ4n) is 1.78. The number of furan rings is 1. The van der Waals surface area contributed by atoms with Crippen molar-refractivity contribution in [1.29, 1.82) is 0 Å². The van der Waals surface area contributed by atoms with Gasteiger partial charge in [0, 0.05) is 20.1 Å². The minimum atomic E-state index is 0. The number of aromatic nitrogens is 1. The second-order valence-corrected chi connectivity index (χ2v) is 4.59. The molecule has 0 aliphatic carbocycles. The number of nitrogens with one attached hydrogen (secondary N) is 1. The number of carbonyl (C=O) groups is 1. The Kier molecular flexibility index (Phi) is 8.86. The van der Waals surface area contributed by atoms with E-state index in [-0.39, 0.29) is 37.1 Å². The molecule has 0 saturated heterocycles. The van der Waals surface area contributed by atoms with Gasteiger partial charge < -0.3 is 19.1 Å². The molecule has 0 saturated carbocycles. The zero-order chi connectivity index (χ0) is 14.5. The fourth-order valence-corrected chi connectivity index (χ4v) is 1.78. The first kappa shape index (κ1) is 20.5. The summed E-state index contributed by atoms with van der Waals surface area (Å²) >= 11 is 0. The van der Waals surface area contributed by atoms with Crippen LogP contribution in [0.2, 0.25) is 0 Å². The maximum absolute atomic E-state index is 12.1. The molecule has 0 aromatic carbocycles. The molecule has 0 atom stereocenters. The number of hydrogen-bond acceptors (Lipinski definition) is 5. The van der Waals surface area contributed by atoms with Crippen molar-refractivity contribution in [2.45, 2.75) is 13.3 Å². The number of rotatable bonds is 6. The van der Waals surface area contributed by atoms with E-state index in [1.54, 1.807) is 37.3 Å². The van der Waals surface area contributed by atoms with Crippen molar-refractivity contribution in [3.63, 3.8) is 0 Å². The highest BCUT2D eigenvalue weighted by molar-refractivity contribution is 5.85. The van der Waals surface area contributed by atoms with E-state index in [0.717, 1.165) is 6.54 Å². The maximum Gasteiger partial charge on any atom is 0.263 e. The second kappa shape index (κ2) is 9.50. The van der Waals surface area contributed by atoms with Gasteiger partial charge in [-0.2, -0.15) is 0 Å². The molecule has 1 amide bonds. The minimum Gasteiger partial charge on any atom is -0.459 e.